The second-order valence-electron chi connectivity index (χ2n) is 7.60. The van der Waals surface area contributed by atoms with Crippen LogP contribution in [0.2, 0.25) is 0 Å². The molecule has 5 rings (SSSR count). The Hall–Kier alpha value is -3.81. The molecule has 0 atom stereocenters. The van der Waals surface area contributed by atoms with Crippen molar-refractivity contribution in [3.8, 4) is 44.5 Å². The van der Waals surface area contributed by atoms with E-state index in [1.165, 1.54) is 11.1 Å². The minimum Gasteiger partial charge on any atom is -0.398 e. The van der Waals surface area contributed by atoms with E-state index in [2.05, 4.69) is 115 Å². The maximum atomic E-state index is 6.93. The van der Waals surface area contributed by atoms with Crippen LogP contribution in [0, 0.1) is 0 Å². The Balaban J connectivity index is 0.00000245. The summed E-state index contributed by atoms with van der Waals surface area (Å²) in [5, 5.41) is 0. The molecule has 32 heavy (non-hydrogen) atoms. The first-order valence-corrected chi connectivity index (χ1v) is 10.5. The molecule has 156 valence electrons. The highest BCUT2D eigenvalue weighted by atomic mass is 35.5. The number of anilines is 1. The SMILES string of the molecule is Cl.Nc1c(-c2ccccc2)cc(-c2ccccc2)c(-c2ccccc2)c1-c1ccccc1. The summed E-state index contributed by atoms with van der Waals surface area (Å²) < 4.78 is 0. The monoisotopic (exact) mass is 433 g/mol. The fourth-order valence-electron chi connectivity index (χ4n) is 4.21. The molecule has 0 amide bonds. The summed E-state index contributed by atoms with van der Waals surface area (Å²) in [6.45, 7) is 0. The van der Waals surface area contributed by atoms with E-state index in [0.29, 0.717) is 0 Å². The fourth-order valence-corrected chi connectivity index (χ4v) is 4.21. The van der Waals surface area contributed by atoms with Gasteiger partial charge in [-0.05, 0) is 39.4 Å². The number of halogens is 1. The van der Waals surface area contributed by atoms with Crippen molar-refractivity contribution in [2.75, 3.05) is 5.73 Å². The van der Waals surface area contributed by atoms with E-state index < -0.39 is 0 Å². The highest BCUT2D eigenvalue weighted by Gasteiger charge is 2.20. The smallest absolute Gasteiger partial charge is 0.0480 e. The number of benzene rings is 5. The predicted molar refractivity (Wildman–Crippen MR) is 140 cm³/mol. The summed E-state index contributed by atoms with van der Waals surface area (Å²) in [6.07, 6.45) is 0. The number of rotatable bonds is 4. The van der Waals surface area contributed by atoms with Gasteiger partial charge in [0.25, 0.3) is 0 Å². The second kappa shape index (κ2) is 9.55. The van der Waals surface area contributed by atoms with E-state index in [1.54, 1.807) is 0 Å². The van der Waals surface area contributed by atoms with Crippen molar-refractivity contribution in [1.82, 2.24) is 0 Å². The molecule has 5 aromatic rings. The summed E-state index contributed by atoms with van der Waals surface area (Å²) in [5.41, 5.74) is 16.8. The predicted octanol–water partition coefficient (Wildman–Crippen LogP) is 8.36. The van der Waals surface area contributed by atoms with Crippen LogP contribution in [-0.4, -0.2) is 0 Å². The molecule has 5 aromatic carbocycles. The van der Waals surface area contributed by atoms with Gasteiger partial charge in [0.2, 0.25) is 0 Å². The molecule has 0 saturated heterocycles. The number of nitrogen functional groups attached to an aromatic ring is 1. The van der Waals surface area contributed by atoms with Gasteiger partial charge in [-0.3, -0.25) is 0 Å². The van der Waals surface area contributed by atoms with Crippen molar-refractivity contribution in [2.24, 2.45) is 0 Å². The average molecular weight is 434 g/mol. The molecule has 0 radical (unpaired) electrons. The molecule has 0 saturated carbocycles. The van der Waals surface area contributed by atoms with Crippen LogP contribution < -0.4 is 5.73 Å². The van der Waals surface area contributed by atoms with Gasteiger partial charge in [-0.2, -0.15) is 0 Å². The molecule has 2 N–H and O–H groups in total. The maximum absolute atomic E-state index is 6.93. The van der Waals surface area contributed by atoms with Crippen LogP contribution in [0.1, 0.15) is 0 Å². The molecule has 0 fully saturated rings. The lowest BCUT2D eigenvalue weighted by molar-refractivity contribution is 1.54. The molecule has 0 aliphatic rings. The third-order valence-corrected chi connectivity index (χ3v) is 5.66. The average Bonchev–Trinajstić information content (AvgIpc) is 2.86. The first-order valence-electron chi connectivity index (χ1n) is 10.5. The summed E-state index contributed by atoms with van der Waals surface area (Å²) in [5.74, 6) is 0. The first-order chi connectivity index (χ1) is 15.3. The van der Waals surface area contributed by atoms with E-state index >= 15 is 0 Å². The van der Waals surface area contributed by atoms with Crippen molar-refractivity contribution >= 4 is 18.1 Å². The molecule has 0 aliphatic heterocycles. The third kappa shape index (κ3) is 4.03. The number of hydrogen-bond donors (Lipinski definition) is 1. The standard InChI is InChI=1S/C30H23N.ClH/c31-30-27(23-15-7-2-8-16-23)21-26(22-13-5-1-6-14-22)28(24-17-9-3-10-18-24)29(30)25-19-11-4-12-20-25;/h1-21H,31H2;1H. The van der Waals surface area contributed by atoms with Crippen LogP contribution in [0.15, 0.2) is 127 Å². The quantitative estimate of drug-likeness (QED) is 0.283. The Morgan fingerprint density at radius 3 is 1.16 bits per heavy atom. The Bertz CT molecular complexity index is 1300. The zero-order chi connectivity index (χ0) is 21.0. The Morgan fingerprint density at radius 2 is 0.719 bits per heavy atom. The van der Waals surface area contributed by atoms with Gasteiger partial charge in [-0.15, -0.1) is 12.4 Å². The van der Waals surface area contributed by atoms with Gasteiger partial charge < -0.3 is 5.73 Å². The van der Waals surface area contributed by atoms with Crippen molar-refractivity contribution in [2.45, 2.75) is 0 Å². The van der Waals surface area contributed by atoms with E-state index in [-0.39, 0.29) is 12.4 Å². The highest BCUT2D eigenvalue weighted by Crippen LogP contribution is 2.47. The normalized spacial score (nSPS) is 10.4. The molecular formula is C30H24ClN. The van der Waals surface area contributed by atoms with E-state index in [1.807, 2.05) is 12.1 Å². The summed E-state index contributed by atoms with van der Waals surface area (Å²) in [4.78, 5) is 0. The fraction of sp³-hybridized carbons (Fsp3) is 0. The van der Waals surface area contributed by atoms with Crippen molar-refractivity contribution in [3.05, 3.63) is 127 Å². The van der Waals surface area contributed by atoms with Gasteiger partial charge in [0.05, 0.1) is 0 Å². The molecule has 1 nitrogen and oxygen atoms in total. The van der Waals surface area contributed by atoms with Gasteiger partial charge in [0, 0.05) is 16.8 Å². The molecule has 0 aliphatic carbocycles. The second-order valence-corrected chi connectivity index (χ2v) is 7.60. The Morgan fingerprint density at radius 1 is 0.375 bits per heavy atom. The topological polar surface area (TPSA) is 26.0 Å². The van der Waals surface area contributed by atoms with Crippen molar-refractivity contribution in [1.29, 1.82) is 0 Å². The van der Waals surface area contributed by atoms with E-state index in [0.717, 1.165) is 39.1 Å². The van der Waals surface area contributed by atoms with Crippen LogP contribution >= 0.6 is 12.4 Å². The van der Waals surface area contributed by atoms with Crippen LogP contribution in [-0.2, 0) is 0 Å². The molecular weight excluding hydrogens is 410 g/mol. The number of hydrogen-bond acceptors (Lipinski definition) is 1. The Kier molecular flexibility index (Phi) is 6.39. The summed E-state index contributed by atoms with van der Waals surface area (Å²) in [7, 11) is 0. The largest absolute Gasteiger partial charge is 0.398 e. The zero-order valence-corrected chi connectivity index (χ0v) is 18.4. The summed E-state index contributed by atoms with van der Waals surface area (Å²) in [6, 6.07) is 44.2. The van der Waals surface area contributed by atoms with Crippen LogP contribution in [0.25, 0.3) is 44.5 Å². The molecule has 0 bridgehead atoms. The zero-order valence-electron chi connectivity index (χ0n) is 17.6. The number of nitrogens with two attached hydrogens (primary N) is 1. The van der Waals surface area contributed by atoms with Gasteiger partial charge in [0.1, 0.15) is 0 Å². The molecule has 2 heteroatoms. The minimum absolute atomic E-state index is 0. The molecule has 0 unspecified atom stereocenters. The van der Waals surface area contributed by atoms with Crippen molar-refractivity contribution in [3.63, 3.8) is 0 Å². The van der Waals surface area contributed by atoms with Crippen LogP contribution in [0.4, 0.5) is 5.69 Å². The van der Waals surface area contributed by atoms with Gasteiger partial charge in [-0.25, -0.2) is 0 Å². The van der Waals surface area contributed by atoms with Crippen molar-refractivity contribution < 1.29 is 0 Å². The Labute approximate surface area is 195 Å². The molecule has 0 aromatic heterocycles. The minimum atomic E-state index is 0. The van der Waals surface area contributed by atoms with Crippen LogP contribution in [0.3, 0.4) is 0 Å². The van der Waals surface area contributed by atoms with Crippen LogP contribution in [0.5, 0.6) is 0 Å². The summed E-state index contributed by atoms with van der Waals surface area (Å²) >= 11 is 0. The van der Waals surface area contributed by atoms with E-state index in [9.17, 15) is 0 Å². The third-order valence-electron chi connectivity index (χ3n) is 5.66. The molecule has 0 spiro atoms. The van der Waals surface area contributed by atoms with Gasteiger partial charge >= 0.3 is 0 Å². The molecule has 0 heterocycles. The lowest BCUT2D eigenvalue weighted by Gasteiger charge is -2.22. The first kappa shape index (κ1) is 21.4. The van der Waals surface area contributed by atoms with E-state index in [4.69, 9.17) is 5.73 Å². The highest BCUT2D eigenvalue weighted by molar-refractivity contribution is 6.05. The van der Waals surface area contributed by atoms with Gasteiger partial charge in [0.15, 0.2) is 0 Å². The lowest BCUT2D eigenvalue weighted by Crippen LogP contribution is -2.00. The maximum Gasteiger partial charge on any atom is 0.0480 e. The lowest BCUT2D eigenvalue weighted by atomic mass is 9.83. The van der Waals surface area contributed by atoms with Gasteiger partial charge in [-0.1, -0.05) is 121 Å².